The monoisotopic (exact) mass is 242 g/mol. The van der Waals surface area contributed by atoms with Gasteiger partial charge in [0.2, 0.25) is 0 Å². The summed E-state index contributed by atoms with van der Waals surface area (Å²) in [7, 11) is 0. The van der Waals surface area contributed by atoms with Crippen molar-refractivity contribution in [1.82, 2.24) is 0 Å². The molecule has 0 bridgehead atoms. The van der Waals surface area contributed by atoms with E-state index in [0.717, 1.165) is 25.9 Å². The Labute approximate surface area is 105 Å². The van der Waals surface area contributed by atoms with Gasteiger partial charge in [-0.25, -0.2) is 0 Å². The summed E-state index contributed by atoms with van der Waals surface area (Å²) < 4.78 is 5.16. The molecular formula is C14H26O3. The third kappa shape index (κ3) is 6.67. The van der Waals surface area contributed by atoms with Crippen LogP contribution >= 0.6 is 0 Å². The van der Waals surface area contributed by atoms with Crippen LogP contribution in [0.2, 0.25) is 0 Å². The normalized spacial score (nSPS) is 19.3. The maximum atomic E-state index is 10.9. The fraction of sp³-hybridized carbons (Fsp3) is 0.929. The van der Waals surface area contributed by atoms with Crippen molar-refractivity contribution < 1.29 is 14.6 Å². The second-order valence-corrected chi connectivity index (χ2v) is 5.80. The standard InChI is InChI=1S/C14H26O3/c1-14(2,13(15)16)10-8-6-4-3-5-7-9-12-11-17-12/h12H,3-11H2,1-2H3,(H,15,16). The zero-order valence-corrected chi connectivity index (χ0v) is 11.2. The number of hydrogen-bond acceptors (Lipinski definition) is 2. The molecule has 1 aliphatic heterocycles. The van der Waals surface area contributed by atoms with Crippen LogP contribution in [0.4, 0.5) is 0 Å². The van der Waals surface area contributed by atoms with Gasteiger partial charge in [0, 0.05) is 0 Å². The Balaban J connectivity index is 1.84. The van der Waals surface area contributed by atoms with Gasteiger partial charge >= 0.3 is 5.97 Å². The summed E-state index contributed by atoms with van der Waals surface area (Å²) >= 11 is 0. The SMILES string of the molecule is CC(C)(CCCCCCCCC1CO1)C(=O)O. The molecule has 0 aliphatic carbocycles. The quantitative estimate of drug-likeness (QED) is 0.470. The van der Waals surface area contributed by atoms with Gasteiger partial charge in [0.25, 0.3) is 0 Å². The minimum Gasteiger partial charge on any atom is -0.481 e. The number of unbranched alkanes of at least 4 members (excludes halogenated alkanes) is 5. The van der Waals surface area contributed by atoms with Crippen molar-refractivity contribution in [3.8, 4) is 0 Å². The maximum Gasteiger partial charge on any atom is 0.309 e. The number of carboxylic acid groups (broad SMARTS) is 1. The van der Waals surface area contributed by atoms with Crippen molar-refractivity contribution in [3.05, 3.63) is 0 Å². The Morgan fingerprint density at radius 3 is 2.24 bits per heavy atom. The minimum atomic E-state index is -0.679. The molecule has 3 nitrogen and oxygen atoms in total. The zero-order chi connectivity index (χ0) is 12.7. The van der Waals surface area contributed by atoms with Gasteiger partial charge in [0.15, 0.2) is 0 Å². The highest BCUT2D eigenvalue weighted by Gasteiger charge is 2.25. The Kier molecular flexibility index (Phi) is 5.96. The number of carboxylic acids is 1. The molecule has 1 atom stereocenters. The van der Waals surface area contributed by atoms with E-state index in [0.29, 0.717) is 6.10 Å². The first-order valence-electron chi connectivity index (χ1n) is 6.87. The number of rotatable bonds is 10. The van der Waals surface area contributed by atoms with Crippen LogP contribution < -0.4 is 0 Å². The fourth-order valence-electron chi connectivity index (χ4n) is 1.99. The van der Waals surface area contributed by atoms with E-state index in [9.17, 15) is 4.79 Å². The van der Waals surface area contributed by atoms with Crippen LogP contribution in [0.15, 0.2) is 0 Å². The molecular weight excluding hydrogens is 216 g/mol. The molecule has 0 amide bonds. The summed E-state index contributed by atoms with van der Waals surface area (Å²) in [5.41, 5.74) is -0.552. The molecule has 3 heteroatoms. The second kappa shape index (κ2) is 7.00. The first-order valence-corrected chi connectivity index (χ1v) is 6.87. The average Bonchev–Trinajstić information content (AvgIpc) is 3.05. The van der Waals surface area contributed by atoms with E-state index in [1.807, 2.05) is 13.8 Å². The van der Waals surface area contributed by atoms with Gasteiger partial charge in [-0.2, -0.15) is 0 Å². The van der Waals surface area contributed by atoms with E-state index in [1.165, 1.54) is 32.1 Å². The Morgan fingerprint density at radius 1 is 1.18 bits per heavy atom. The van der Waals surface area contributed by atoms with E-state index in [2.05, 4.69) is 0 Å². The fourth-order valence-corrected chi connectivity index (χ4v) is 1.99. The Morgan fingerprint density at radius 2 is 1.71 bits per heavy atom. The van der Waals surface area contributed by atoms with Crippen LogP contribution in [0.5, 0.6) is 0 Å². The first kappa shape index (κ1) is 14.5. The molecule has 100 valence electrons. The van der Waals surface area contributed by atoms with Crippen molar-refractivity contribution in [2.45, 2.75) is 71.3 Å². The van der Waals surface area contributed by atoms with Crippen molar-refractivity contribution in [3.63, 3.8) is 0 Å². The molecule has 1 N–H and O–H groups in total. The van der Waals surface area contributed by atoms with E-state index >= 15 is 0 Å². The Hall–Kier alpha value is -0.570. The molecule has 1 unspecified atom stereocenters. The molecule has 0 radical (unpaired) electrons. The van der Waals surface area contributed by atoms with Gasteiger partial charge in [-0.15, -0.1) is 0 Å². The number of aliphatic carboxylic acids is 1. The molecule has 0 aromatic heterocycles. The molecule has 1 rings (SSSR count). The van der Waals surface area contributed by atoms with Gasteiger partial charge in [0.1, 0.15) is 0 Å². The summed E-state index contributed by atoms with van der Waals surface area (Å²) in [5, 5.41) is 8.96. The topological polar surface area (TPSA) is 49.8 Å². The lowest BCUT2D eigenvalue weighted by molar-refractivity contribution is -0.147. The van der Waals surface area contributed by atoms with Gasteiger partial charge in [0.05, 0.1) is 18.1 Å². The minimum absolute atomic E-state index is 0.552. The van der Waals surface area contributed by atoms with Crippen molar-refractivity contribution in [2.75, 3.05) is 6.61 Å². The highest BCUT2D eigenvalue weighted by atomic mass is 16.6. The molecule has 0 saturated carbocycles. The van der Waals surface area contributed by atoms with Crippen LogP contribution in [-0.4, -0.2) is 23.8 Å². The van der Waals surface area contributed by atoms with E-state index in [-0.39, 0.29) is 0 Å². The maximum absolute atomic E-state index is 10.9. The summed E-state index contributed by atoms with van der Waals surface area (Å²) in [6, 6.07) is 0. The second-order valence-electron chi connectivity index (χ2n) is 5.80. The molecule has 1 fully saturated rings. The molecule has 1 saturated heterocycles. The lowest BCUT2D eigenvalue weighted by atomic mass is 9.87. The van der Waals surface area contributed by atoms with Crippen molar-refractivity contribution in [1.29, 1.82) is 0 Å². The van der Waals surface area contributed by atoms with E-state index < -0.39 is 11.4 Å². The summed E-state index contributed by atoms with van der Waals surface area (Å²) in [6.45, 7) is 4.60. The summed E-state index contributed by atoms with van der Waals surface area (Å²) in [5.74, 6) is -0.679. The molecule has 0 aromatic rings. The molecule has 0 spiro atoms. The third-order valence-electron chi connectivity index (χ3n) is 3.56. The average molecular weight is 242 g/mol. The summed E-state index contributed by atoms with van der Waals surface area (Å²) in [6.07, 6.45) is 9.88. The van der Waals surface area contributed by atoms with Gasteiger partial charge in [-0.05, 0) is 26.7 Å². The number of carbonyl (C=O) groups is 1. The Bertz CT molecular complexity index is 232. The van der Waals surface area contributed by atoms with Crippen LogP contribution in [0.1, 0.15) is 65.2 Å². The number of epoxide rings is 1. The molecule has 1 aliphatic rings. The number of hydrogen-bond donors (Lipinski definition) is 1. The van der Waals surface area contributed by atoms with Gasteiger partial charge < -0.3 is 9.84 Å². The zero-order valence-electron chi connectivity index (χ0n) is 11.2. The largest absolute Gasteiger partial charge is 0.481 e. The van der Waals surface area contributed by atoms with Crippen molar-refractivity contribution >= 4 is 5.97 Å². The van der Waals surface area contributed by atoms with Crippen LogP contribution in [0, 0.1) is 5.41 Å². The van der Waals surface area contributed by atoms with Crippen LogP contribution in [-0.2, 0) is 9.53 Å². The van der Waals surface area contributed by atoms with Crippen molar-refractivity contribution in [2.24, 2.45) is 5.41 Å². The lowest BCUT2D eigenvalue weighted by Gasteiger charge is -2.18. The molecule has 0 aromatic carbocycles. The van der Waals surface area contributed by atoms with E-state index in [4.69, 9.17) is 9.84 Å². The first-order chi connectivity index (χ1) is 8.02. The van der Waals surface area contributed by atoms with Gasteiger partial charge in [-0.3, -0.25) is 4.79 Å². The highest BCUT2D eigenvalue weighted by Crippen LogP contribution is 2.24. The molecule has 1 heterocycles. The highest BCUT2D eigenvalue weighted by molar-refractivity contribution is 5.73. The summed E-state index contributed by atoms with van der Waals surface area (Å²) in [4.78, 5) is 10.9. The van der Waals surface area contributed by atoms with E-state index in [1.54, 1.807) is 0 Å². The number of ether oxygens (including phenoxy) is 1. The molecule has 17 heavy (non-hydrogen) atoms. The lowest BCUT2D eigenvalue weighted by Crippen LogP contribution is -2.23. The van der Waals surface area contributed by atoms with Crippen LogP contribution in [0.3, 0.4) is 0 Å². The predicted octanol–water partition coefficient (Wildman–Crippen LogP) is 3.62. The van der Waals surface area contributed by atoms with Gasteiger partial charge in [-0.1, -0.05) is 38.5 Å². The predicted molar refractivity (Wildman–Crippen MR) is 68.1 cm³/mol. The smallest absolute Gasteiger partial charge is 0.309 e. The third-order valence-corrected chi connectivity index (χ3v) is 3.56. The van der Waals surface area contributed by atoms with Crippen LogP contribution in [0.25, 0.3) is 0 Å².